The van der Waals surface area contributed by atoms with Gasteiger partial charge in [-0.25, -0.2) is 4.79 Å². The van der Waals surface area contributed by atoms with E-state index in [9.17, 15) is 9.59 Å². The Bertz CT molecular complexity index is 846. The highest BCUT2D eigenvalue weighted by Crippen LogP contribution is 2.29. The zero-order valence-electron chi connectivity index (χ0n) is 16.6. The van der Waals surface area contributed by atoms with Gasteiger partial charge in [0.05, 0.1) is 13.7 Å². The smallest absolute Gasteiger partial charge is 0.337 e. The SMILES string of the molecule is CCC(C)(I)C(=O)OCCCCCCSc1cc(=O)oc2cc(OC)ccc12. The summed E-state index contributed by atoms with van der Waals surface area (Å²) in [6, 6.07) is 7.08. The van der Waals surface area contributed by atoms with E-state index < -0.39 is 3.42 Å². The standard InChI is InChI=1S/C21H27IO5S/c1-4-21(2,22)20(24)26-11-7-5-6-8-12-28-18-14-19(23)27-17-13-15(25-3)9-10-16(17)18/h9-10,13-14H,4-8,11-12H2,1-3H3. The molecule has 0 aliphatic heterocycles. The van der Waals surface area contributed by atoms with Crippen molar-refractivity contribution in [1.82, 2.24) is 0 Å². The molecule has 5 nitrogen and oxygen atoms in total. The van der Waals surface area contributed by atoms with Crippen molar-refractivity contribution in [3.05, 3.63) is 34.7 Å². The van der Waals surface area contributed by atoms with Gasteiger partial charge in [0.15, 0.2) is 0 Å². The van der Waals surface area contributed by atoms with Gasteiger partial charge >= 0.3 is 11.6 Å². The number of unbranched alkanes of at least 4 members (excludes halogenated alkanes) is 3. The molecule has 1 heterocycles. The van der Waals surface area contributed by atoms with Crippen molar-refractivity contribution < 1.29 is 18.7 Å². The average molecular weight is 518 g/mol. The summed E-state index contributed by atoms with van der Waals surface area (Å²) in [5.41, 5.74) is 0.199. The van der Waals surface area contributed by atoms with E-state index in [1.807, 2.05) is 26.0 Å². The number of rotatable bonds is 11. The van der Waals surface area contributed by atoms with E-state index in [2.05, 4.69) is 22.6 Å². The van der Waals surface area contributed by atoms with E-state index in [1.54, 1.807) is 31.0 Å². The summed E-state index contributed by atoms with van der Waals surface area (Å²) in [6.45, 7) is 4.37. The lowest BCUT2D eigenvalue weighted by Crippen LogP contribution is -2.29. The van der Waals surface area contributed by atoms with Gasteiger partial charge in [-0.05, 0) is 44.1 Å². The number of thioether (sulfide) groups is 1. The van der Waals surface area contributed by atoms with Crippen LogP contribution in [0.1, 0.15) is 46.0 Å². The molecule has 0 aliphatic rings. The largest absolute Gasteiger partial charge is 0.497 e. The number of methoxy groups -OCH3 is 1. The maximum Gasteiger partial charge on any atom is 0.337 e. The molecular weight excluding hydrogens is 491 g/mol. The fourth-order valence-electron chi connectivity index (χ4n) is 2.56. The average Bonchev–Trinajstić information content (AvgIpc) is 2.68. The number of alkyl halides is 1. The molecule has 0 amide bonds. The van der Waals surface area contributed by atoms with Gasteiger partial charge in [0.1, 0.15) is 14.8 Å². The van der Waals surface area contributed by atoms with Crippen LogP contribution in [0.5, 0.6) is 5.75 Å². The predicted molar refractivity (Wildman–Crippen MR) is 122 cm³/mol. The van der Waals surface area contributed by atoms with Crippen LogP contribution >= 0.6 is 34.4 Å². The number of hydrogen-bond acceptors (Lipinski definition) is 6. The molecule has 0 bridgehead atoms. The zero-order valence-corrected chi connectivity index (χ0v) is 19.6. The van der Waals surface area contributed by atoms with Crippen LogP contribution in [0.4, 0.5) is 0 Å². The van der Waals surface area contributed by atoms with Crippen molar-refractivity contribution in [2.45, 2.75) is 54.3 Å². The highest BCUT2D eigenvalue weighted by molar-refractivity contribution is 14.1. The van der Waals surface area contributed by atoms with Crippen LogP contribution in [-0.4, -0.2) is 28.9 Å². The van der Waals surface area contributed by atoms with Crippen LogP contribution in [0, 0.1) is 0 Å². The minimum atomic E-state index is -0.427. The summed E-state index contributed by atoms with van der Waals surface area (Å²) in [7, 11) is 1.59. The zero-order chi connectivity index (χ0) is 20.6. The Morgan fingerprint density at radius 2 is 1.96 bits per heavy atom. The Balaban J connectivity index is 1.73. The highest BCUT2D eigenvalue weighted by atomic mass is 127. The summed E-state index contributed by atoms with van der Waals surface area (Å²) >= 11 is 3.81. The molecule has 7 heteroatoms. The second-order valence-electron chi connectivity index (χ2n) is 6.74. The number of fused-ring (bicyclic) bond motifs is 1. The van der Waals surface area contributed by atoms with Crippen molar-refractivity contribution >= 4 is 51.3 Å². The summed E-state index contributed by atoms with van der Waals surface area (Å²) < 4.78 is 15.4. The Morgan fingerprint density at radius 1 is 1.21 bits per heavy atom. The number of carbonyl (C=O) groups excluding carboxylic acids is 1. The molecule has 0 aliphatic carbocycles. The van der Waals surface area contributed by atoms with Crippen molar-refractivity contribution in [2.24, 2.45) is 0 Å². The molecule has 1 aromatic carbocycles. The van der Waals surface area contributed by atoms with Gasteiger partial charge in [-0.3, -0.25) is 4.79 Å². The quantitative estimate of drug-likeness (QED) is 0.0964. The Labute approximate surface area is 183 Å². The molecule has 0 fully saturated rings. The van der Waals surface area contributed by atoms with Crippen LogP contribution in [0.3, 0.4) is 0 Å². The third kappa shape index (κ3) is 6.69. The van der Waals surface area contributed by atoms with Crippen LogP contribution in [-0.2, 0) is 9.53 Å². The lowest BCUT2D eigenvalue weighted by atomic mass is 10.1. The molecule has 0 spiro atoms. The number of benzene rings is 1. The lowest BCUT2D eigenvalue weighted by Gasteiger charge is -2.18. The second kappa shape index (κ2) is 11.1. The molecule has 2 aromatic rings. The van der Waals surface area contributed by atoms with E-state index in [-0.39, 0.29) is 11.6 Å². The molecule has 154 valence electrons. The third-order valence-corrected chi connectivity index (χ3v) is 6.88. The summed E-state index contributed by atoms with van der Waals surface area (Å²) in [6.07, 6.45) is 4.77. The lowest BCUT2D eigenvalue weighted by molar-refractivity contribution is -0.145. The second-order valence-corrected chi connectivity index (χ2v) is 10.3. The first-order chi connectivity index (χ1) is 13.4. The Kier molecular flexibility index (Phi) is 9.14. The van der Waals surface area contributed by atoms with E-state index in [1.165, 1.54) is 0 Å². The molecular formula is C21H27IO5S. The van der Waals surface area contributed by atoms with Gasteiger partial charge in [-0.2, -0.15) is 0 Å². The minimum absolute atomic E-state index is 0.127. The molecule has 0 N–H and O–H groups in total. The van der Waals surface area contributed by atoms with Crippen LogP contribution in [0.15, 0.2) is 38.4 Å². The van der Waals surface area contributed by atoms with Gasteiger partial charge in [0.25, 0.3) is 0 Å². The Morgan fingerprint density at radius 3 is 2.68 bits per heavy atom. The summed E-state index contributed by atoms with van der Waals surface area (Å²) in [5, 5.41) is 0.926. The normalized spacial score (nSPS) is 13.3. The Hall–Kier alpha value is -1.22. The minimum Gasteiger partial charge on any atom is -0.497 e. The van der Waals surface area contributed by atoms with Gasteiger partial charge in [0.2, 0.25) is 0 Å². The van der Waals surface area contributed by atoms with E-state index >= 15 is 0 Å². The predicted octanol–water partition coefficient (Wildman–Crippen LogP) is 5.60. The van der Waals surface area contributed by atoms with E-state index in [4.69, 9.17) is 13.9 Å². The first-order valence-corrected chi connectivity index (χ1v) is 11.5. The fourth-order valence-corrected chi connectivity index (χ4v) is 3.79. The van der Waals surface area contributed by atoms with Gasteiger partial charge in [0, 0.05) is 22.4 Å². The fraction of sp³-hybridized carbons (Fsp3) is 0.524. The monoisotopic (exact) mass is 518 g/mol. The number of halogens is 1. The molecule has 1 atom stereocenters. The van der Waals surface area contributed by atoms with Crippen molar-refractivity contribution in [3.8, 4) is 5.75 Å². The molecule has 0 saturated carbocycles. The van der Waals surface area contributed by atoms with E-state index in [0.29, 0.717) is 17.9 Å². The van der Waals surface area contributed by atoms with Crippen LogP contribution in [0.25, 0.3) is 11.0 Å². The third-order valence-electron chi connectivity index (χ3n) is 4.53. The first-order valence-electron chi connectivity index (χ1n) is 9.48. The summed E-state index contributed by atoms with van der Waals surface area (Å²) in [4.78, 5) is 24.6. The molecule has 2 rings (SSSR count). The highest BCUT2D eigenvalue weighted by Gasteiger charge is 2.29. The van der Waals surface area contributed by atoms with Crippen LogP contribution < -0.4 is 10.4 Å². The van der Waals surface area contributed by atoms with Gasteiger partial charge in [-0.1, -0.05) is 42.4 Å². The van der Waals surface area contributed by atoms with E-state index in [0.717, 1.165) is 48.1 Å². The molecule has 28 heavy (non-hydrogen) atoms. The number of hydrogen-bond donors (Lipinski definition) is 0. The number of esters is 1. The van der Waals surface area contributed by atoms with Crippen molar-refractivity contribution in [1.29, 1.82) is 0 Å². The molecule has 0 radical (unpaired) electrons. The summed E-state index contributed by atoms with van der Waals surface area (Å²) in [5.74, 6) is 1.46. The molecule has 0 saturated heterocycles. The maximum atomic E-state index is 11.9. The topological polar surface area (TPSA) is 65.7 Å². The van der Waals surface area contributed by atoms with Gasteiger partial charge in [-0.15, -0.1) is 11.8 Å². The van der Waals surface area contributed by atoms with Crippen molar-refractivity contribution in [3.63, 3.8) is 0 Å². The van der Waals surface area contributed by atoms with Crippen molar-refractivity contribution in [2.75, 3.05) is 19.5 Å². The van der Waals surface area contributed by atoms with Crippen LogP contribution in [0.2, 0.25) is 0 Å². The molecule has 1 unspecified atom stereocenters. The number of ether oxygens (including phenoxy) is 2. The molecule has 1 aromatic heterocycles. The number of carbonyl (C=O) groups is 1. The van der Waals surface area contributed by atoms with Gasteiger partial charge < -0.3 is 13.9 Å². The maximum absolute atomic E-state index is 11.9. The first kappa shape index (κ1) is 23.1.